The molecule has 0 amide bonds. The van der Waals surface area contributed by atoms with Gasteiger partial charge < -0.3 is 0 Å². The average Bonchev–Trinajstić information content (AvgIpc) is 2.44. The first-order valence-corrected chi connectivity index (χ1v) is 7.05. The van der Waals surface area contributed by atoms with E-state index in [0.29, 0.717) is 0 Å². The van der Waals surface area contributed by atoms with Crippen molar-refractivity contribution in [1.82, 2.24) is 0 Å². The van der Waals surface area contributed by atoms with Gasteiger partial charge >= 0.3 is 7.80 Å². The van der Waals surface area contributed by atoms with Crippen molar-refractivity contribution in [3.05, 3.63) is 29.1 Å². The molecule has 2 radical (unpaired) electrons. The summed E-state index contributed by atoms with van der Waals surface area (Å²) in [7, 11) is -1.29. The predicted octanol–water partition coefficient (Wildman–Crippen LogP) is 2.48. The first-order chi connectivity index (χ1) is 7.15. The van der Waals surface area contributed by atoms with Crippen LogP contribution in [0.5, 0.6) is 0 Å². The van der Waals surface area contributed by atoms with Crippen LogP contribution in [0.15, 0.2) is 23.5 Å². The van der Waals surface area contributed by atoms with Gasteiger partial charge in [0.2, 0.25) is 5.30 Å². The molecule has 74 valence electrons. The van der Waals surface area contributed by atoms with Crippen LogP contribution in [0.25, 0.3) is 5.57 Å². The van der Waals surface area contributed by atoms with E-state index in [4.69, 9.17) is 0 Å². The lowest BCUT2D eigenvalue weighted by Gasteiger charge is -1.95. The standard InChI is InChI=1S/C12H13OP.Al/c1-3-6-11-9(2)10-7-4-5-8-12(10)14(11)13;/h4,7-8H,3,6H2,1-2H3;/q+1;. The summed E-state index contributed by atoms with van der Waals surface area (Å²) in [6.07, 6.45) is 2.03. The van der Waals surface area contributed by atoms with Crippen molar-refractivity contribution in [3.63, 3.8) is 0 Å². The molecule has 0 aliphatic carbocycles. The summed E-state index contributed by atoms with van der Waals surface area (Å²) < 4.78 is 13.3. The molecule has 0 fully saturated rings. The van der Waals surface area contributed by atoms with E-state index < -0.39 is 7.80 Å². The van der Waals surface area contributed by atoms with Crippen LogP contribution in [0.3, 0.4) is 0 Å². The van der Waals surface area contributed by atoms with E-state index >= 15 is 0 Å². The van der Waals surface area contributed by atoms with Gasteiger partial charge in [-0.2, -0.15) is 0 Å². The monoisotopic (exact) mass is 231 g/mol. The van der Waals surface area contributed by atoms with Crippen molar-refractivity contribution >= 4 is 39.4 Å². The lowest BCUT2D eigenvalue weighted by molar-refractivity contribution is 0.595. The quantitative estimate of drug-likeness (QED) is 0.564. The van der Waals surface area contributed by atoms with E-state index in [-0.39, 0.29) is 0 Å². The van der Waals surface area contributed by atoms with Crippen molar-refractivity contribution in [3.8, 4) is 0 Å². The van der Waals surface area contributed by atoms with E-state index in [1.807, 2.05) is 6.07 Å². The molecule has 15 heavy (non-hydrogen) atoms. The lowest BCUT2D eigenvalue weighted by Crippen LogP contribution is -2.10. The fraction of sp³-hybridized carbons (Fsp3) is 0.333. The zero-order chi connectivity index (χ0) is 11.0. The van der Waals surface area contributed by atoms with Crippen molar-refractivity contribution in [2.45, 2.75) is 26.7 Å². The second-order valence-electron chi connectivity index (χ2n) is 3.89. The zero-order valence-corrected chi connectivity index (χ0v) is 11.1. The van der Waals surface area contributed by atoms with Gasteiger partial charge in [0.05, 0.1) is 0 Å². The maximum Gasteiger partial charge on any atom is 0.411 e. The molecule has 0 saturated carbocycles. The predicted molar refractivity (Wildman–Crippen MR) is 66.6 cm³/mol. The number of allylic oxidation sites excluding steroid dienone is 2. The van der Waals surface area contributed by atoms with Crippen LogP contribution >= 0.6 is 7.80 Å². The molecule has 1 aromatic carbocycles. The Morgan fingerprint density at radius 3 is 2.80 bits per heavy atom. The smallest absolute Gasteiger partial charge is 0.134 e. The Bertz CT molecular complexity index is 463. The van der Waals surface area contributed by atoms with Crippen molar-refractivity contribution in [2.24, 2.45) is 0 Å². The molecule has 1 nitrogen and oxygen atoms in total. The first kappa shape index (κ1) is 11.1. The van der Waals surface area contributed by atoms with E-state index in [1.54, 1.807) is 0 Å². The summed E-state index contributed by atoms with van der Waals surface area (Å²) >= 11 is 2.66. The molecule has 0 aromatic heterocycles. The van der Waals surface area contributed by atoms with Crippen LogP contribution in [-0.2, 0) is 4.57 Å². The van der Waals surface area contributed by atoms with E-state index in [1.165, 1.54) is 11.1 Å². The van der Waals surface area contributed by atoms with Gasteiger partial charge in [-0.05, 0) is 19.4 Å². The van der Waals surface area contributed by atoms with Crippen LogP contribution in [0, 0.1) is 0 Å². The van der Waals surface area contributed by atoms with Crippen LogP contribution in [0.4, 0.5) is 0 Å². The second-order valence-corrected chi connectivity index (χ2v) is 6.17. The van der Waals surface area contributed by atoms with Gasteiger partial charge in [0.25, 0.3) is 0 Å². The van der Waals surface area contributed by atoms with E-state index in [2.05, 4.69) is 42.3 Å². The number of hydrogen-bond acceptors (Lipinski definition) is 1. The highest BCUT2D eigenvalue weighted by Crippen LogP contribution is 2.46. The van der Waals surface area contributed by atoms with Gasteiger partial charge in [-0.25, -0.2) is 0 Å². The maximum atomic E-state index is 12.2. The number of rotatable bonds is 2. The fourth-order valence-corrected chi connectivity index (χ4v) is 4.29. The van der Waals surface area contributed by atoms with Gasteiger partial charge in [-0.15, -0.1) is 4.43 Å². The molecule has 2 rings (SSSR count). The number of hydrogen-bond donors (Lipinski definition) is 0. The molecule has 3 heteroatoms. The Morgan fingerprint density at radius 1 is 1.40 bits per heavy atom. The van der Waals surface area contributed by atoms with Crippen LogP contribution in [0.1, 0.15) is 32.3 Å². The Labute approximate surface area is 99.8 Å². The summed E-state index contributed by atoms with van der Waals surface area (Å²) in [5.74, 6) is 0. The Hall–Kier alpha value is -0.408. The summed E-state index contributed by atoms with van der Waals surface area (Å²) in [5, 5.41) is 2.18. The van der Waals surface area contributed by atoms with Gasteiger partial charge in [-0.3, -0.25) is 0 Å². The van der Waals surface area contributed by atoms with Gasteiger partial charge in [-0.1, -0.05) is 23.6 Å². The average molecular weight is 231 g/mol. The SMILES string of the molecule is CCCC1=C(C)c2cc[c]([Al])cc2[P+]1=O. The molecule has 1 aliphatic heterocycles. The molecule has 0 saturated heterocycles. The minimum atomic E-state index is -1.29. The molecule has 1 unspecified atom stereocenters. The molecular weight excluding hydrogens is 218 g/mol. The Morgan fingerprint density at radius 2 is 2.13 bits per heavy atom. The summed E-state index contributed by atoms with van der Waals surface area (Å²) in [6, 6.07) is 6.18. The zero-order valence-electron chi connectivity index (χ0n) is 9.08. The lowest BCUT2D eigenvalue weighted by atomic mass is 10.1. The molecule has 0 bridgehead atoms. The third-order valence-corrected chi connectivity index (χ3v) is 5.03. The molecule has 1 aromatic rings. The van der Waals surface area contributed by atoms with Crippen molar-refractivity contribution in [2.75, 3.05) is 0 Å². The van der Waals surface area contributed by atoms with Crippen molar-refractivity contribution < 1.29 is 4.57 Å². The molecule has 1 heterocycles. The molecule has 1 atom stereocenters. The topological polar surface area (TPSA) is 17.1 Å². The highest BCUT2D eigenvalue weighted by atomic mass is 31.1. The summed E-state index contributed by atoms with van der Waals surface area (Å²) in [5.41, 5.74) is 2.42. The Balaban J connectivity index is 2.53. The molecule has 1 aliphatic rings. The second kappa shape index (κ2) is 4.22. The minimum absolute atomic E-state index is 0.960. The number of benzene rings is 1. The third-order valence-electron chi connectivity index (χ3n) is 2.81. The van der Waals surface area contributed by atoms with Crippen LogP contribution < -0.4 is 9.73 Å². The van der Waals surface area contributed by atoms with Gasteiger partial charge in [0.1, 0.15) is 0 Å². The number of fused-ring (bicyclic) bond motifs is 1. The van der Waals surface area contributed by atoms with Gasteiger partial charge in [0, 0.05) is 17.6 Å². The molecular formula is C12H13AlOP+. The van der Waals surface area contributed by atoms with E-state index in [9.17, 15) is 4.57 Å². The largest absolute Gasteiger partial charge is 0.411 e. The minimum Gasteiger partial charge on any atom is -0.134 e. The highest BCUT2D eigenvalue weighted by molar-refractivity contribution is 7.59. The summed E-state index contributed by atoms with van der Waals surface area (Å²) in [4.78, 5) is 0. The molecule has 0 N–H and O–H groups in total. The summed E-state index contributed by atoms with van der Waals surface area (Å²) in [6.45, 7) is 4.22. The third kappa shape index (κ3) is 1.83. The van der Waals surface area contributed by atoms with E-state index in [0.717, 1.165) is 27.9 Å². The normalized spacial score (nSPS) is 17.1. The molecule has 0 spiro atoms. The first-order valence-electron chi connectivity index (χ1n) is 5.22. The van der Waals surface area contributed by atoms with Crippen LogP contribution in [0.2, 0.25) is 0 Å². The Kier molecular flexibility index (Phi) is 3.12. The van der Waals surface area contributed by atoms with Gasteiger partial charge in [0.15, 0.2) is 21.6 Å². The highest BCUT2D eigenvalue weighted by Gasteiger charge is 2.38. The van der Waals surface area contributed by atoms with Crippen LogP contribution in [-0.4, -0.2) is 16.3 Å². The van der Waals surface area contributed by atoms with Crippen molar-refractivity contribution in [1.29, 1.82) is 0 Å². The maximum absolute atomic E-state index is 12.2. The fourth-order valence-electron chi connectivity index (χ4n) is 2.01.